The zero-order valence-corrected chi connectivity index (χ0v) is 11.8. The van der Waals surface area contributed by atoms with Crippen molar-refractivity contribution < 1.29 is 27.5 Å². The van der Waals surface area contributed by atoms with Crippen LogP contribution < -0.4 is 5.73 Å². The molecule has 1 fully saturated rings. The highest BCUT2D eigenvalue weighted by Crippen LogP contribution is 2.27. The van der Waals surface area contributed by atoms with Crippen molar-refractivity contribution in [1.82, 2.24) is 14.7 Å². The molecule has 0 bridgehead atoms. The number of primary amides is 1. The van der Waals surface area contributed by atoms with E-state index in [9.17, 15) is 22.8 Å². The van der Waals surface area contributed by atoms with Crippen molar-refractivity contribution in [2.24, 2.45) is 5.73 Å². The number of aromatic nitrogens is 2. The number of nitrogens with two attached hydrogens (primary N) is 1. The second-order valence-corrected chi connectivity index (χ2v) is 5.16. The van der Waals surface area contributed by atoms with Crippen molar-refractivity contribution in [3.63, 3.8) is 0 Å². The molecule has 0 aliphatic carbocycles. The van der Waals surface area contributed by atoms with E-state index in [1.165, 1.54) is 11.8 Å². The van der Waals surface area contributed by atoms with Crippen LogP contribution in [0.3, 0.4) is 0 Å². The molecule has 1 aromatic heterocycles. The molecule has 1 aliphatic rings. The number of hydrogen-bond acceptors (Lipinski definition) is 4. The predicted octanol–water partition coefficient (Wildman–Crippen LogP) is 0.00470. The highest BCUT2D eigenvalue weighted by Gasteiger charge is 2.39. The lowest BCUT2D eigenvalue weighted by molar-refractivity contribution is -0.161. The van der Waals surface area contributed by atoms with E-state index in [0.717, 1.165) is 16.9 Å². The number of carbonyl (C=O) groups is 2. The lowest BCUT2D eigenvalue weighted by Gasteiger charge is -2.38. The minimum atomic E-state index is -4.56. The van der Waals surface area contributed by atoms with E-state index in [1.54, 1.807) is 0 Å². The van der Waals surface area contributed by atoms with E-state index in [0.29, 0.717) is 0 Å². The molecule has 0 unspecified atom stereocenters. The lowest BCUT2D eigenvalue weighted by atomic mass is 10.0. The van der Waals surface area contributed by atoms with Crippen molar-refractivity contribution in [2.45, 2.75) is 25.2 Å². The zero-order valence-electron chi connectivity index (χ0n) is 11.8. The Balaban J connectivity index is 2.03. The first-order chi connectivity index (χ1) is 10.1. The van der Waals surface area contributed by atoms with E-state index in [-0.39, 0.29) is 26.2 Å². The van der Waals surface area contributed by atoms with Gasteiger partial charge in [0.25, 0.3) is 5.91 Å². The molecule has 22 heavy (non-hydrogen) atoms. The second kappa shape index (κ2) is 5.59. The molecule has 10 heteroatoms. The summed E-state index contributed by atoms with van der Waals surface area (Å²) in [7, 11) is 0. The molecule has 0 saturated carbocycles. The summed E-state index contributed by atoms with van der Waals surface area (Å²) in [4.78, 5) is 24.8. The van der Waals surface area contributed by atoms with Gasteiger partial charge in [0.15, 0.2) is 11.3 Å². The number of amides is 2. The van der Waals surface area contributed by atoms with Gasteiger partial charge < -0.3 is 15.4 Å². The van der Waals surface area contributed by atoms with Gasteiger partial charge in [0.1, 0.15) is 6.54 Å². The first kappa shape index (κ1) is 16.3. The Kier molecular flexibility index (Phi) is 4.14. The number of morpholine rings is 1. The van der Waals surface area contributed by atoms with Gasteiger partial charge in [0.05, 0.1) is 13.2 Å². The number of rotatable bonds is 3. The summed E-state index contributed by atoms with van der Waals surface area (Å²) in [5.74, 6) is -1.17. The fraction of sp³-hybridized carbons (Fsp3) is 0.583. The van der Waals surface area contributed by atoms with E-state index < -0.39 is 29.3 Å². The van der Waals surface area contributed by atoms with Crippen LogP contribution in [0.25, 0.3) is 0 Å². The molecule has 2 N–H and O–H groups in total. The lowest BCUT2D eigenvalue weighted by Crippen LogP contribution is -2.58. The topological polar surface area (TPSA) is 90.5 Å². The fourth-order valence-corrected chi connectivity index (χ4v) is 2.07. The average Bonchev–Trinajstić information content (AvgIpc) is 2.87. The quantitative estimate of drug-likeness (QED) is 0.849. The minimum absolute atomic E-state index is 0.0471. The van der Waals surface area contributed by atoms with Gasteiger partial charge in [-0.3, -0.25) is 14.3 Å². The third-order valence-electron chi connectivity index (χ3n) is 3.38. The minimum Gasteiger partial charge on any atom is -0.367 e. The third kappa shape index (κ3) is 3.38. The molecule has 0 radical (unpaired) electrons. The Morgan fingerprint density at radius 3 is 2.73 bits per heavy atom. The van der Waals surface area contributed by atoms with Crippen molar-refractivity contribution in [3.05, 3.63) is 18.0 Å². The average molecular weight is 320 g/mol. The van der Waals surface area contributed by atoms with E-state index >= 15 is 0 Å². The summed E-state index contributed by atoms with van der Waals surface area (Å²) < 4.78 is 43.5. The maximum Gasteiger partial charge on any atom is 0.435 e. The highest BCUT2D eigenvalue weighted by molar-refractivity contribution is 5.85. The Hall–Kier alpha value is -2.10. The molecule has 2 amide bonds. The van der Waals surface area contributed by atoms with Gasteiger partial charge in [-0.05, 0) is 13.0 Å². The van der Waals surface area contributed by atoms with Crippen molar-refractivity contribution in [2.75, 3.05) is 19.7 Å². The SMILES string of the molecule is C[C@]1(C(N)=O)CN(C(=O)Cn2ccc(C(F)(F)F)n2)CCO1. The number of halogens is 3. The number of hydrogen-bond donors (Lipinski definition) is 1. The molecular weight excluding hydrogens is 305 g/mol. The van der Waals surface area contributed by atoms with Crippen LogP contribution in [-0.4, -0.2) is 51.8 Å². The van der Waals surface area contributed by atoms with Crippen LogP contribution in [0, 0.1) is 0 Å². The van der Waals surface area contributed by atoms with Crippen molar-refractivity contribution in [1.29, 1.82) is 0 Å². The first-order valence-corrected chi connectivity index (χ1v) is 6.44. The van der Waals surface area contributed by atoms with Gasteiger partial charge in [0, 0.05) is 12.7 Å². The molecule has 7 nitrogen and oxygen atoms in total. The molecule has 1 aliphatic heterocycles. The van der Waals surface area contributed by atoms with Gasteiger partial charge in [-0.15, -0.1) is 0 Å². The molecule has 0 spiro atoms. The molecule has 2 rings (SSSR count). The van der Waals surface area contributed by atoms with Gasteiger partial charge in [0.2, 0.25) is 5.91 Å². The molecule has 0 aromatic carbocycles. The summed E-state index contributed by atoms with van der Waals surface area (Å²) >= 11 is 0. The van der Waals surface area contributed by atoms with Crippen LogP contribution in [0.5, 0.6) is 0 Å². The largest absolute Gasteiger partial charge is 0.435 e. The van der Waals surface area contributed by atoms with Crippen LogP contribution >= 0.6 is 0 Å². The molecule has 1 saturated heterocycles. The van der Waals surface area contributed by atoms with E-state index in [4.69, 9.17) is 10.5 Å². The fourth-order valence-electron chi connectivity index (χ4n) is 2.07. The van der Waals surface area contributed by atoms with E-state index in [2.05, 4.69) is 5.10 Å². The molecule has 1 aromatic rings. The number of nitrogens with zero attached hydrogens (tertiary/aromatic N) is 3. The standard InChI is InChI=1S/C12H15F3N4O3/c1-11(10(16)21)7-18(4-5-22-11)9(20)6-19-3-2-8(17-19)12(13,14)15/h2-3H,4-7H2,1H3,(H2,16,21)/t11-/m1/s1. The van der Waals surface area contributed by atoms with Gasteiger partial charge in [-0.25, -0.2) is 0 Å². The Labute approximate surface area is 123 Å². The highest BCUT2D eigenvalue weighted by atomic mass is 19.4. The number of carbonyl (C=O) groups excluding carboxylic acids is 2. The maximum absolute atomic E-state index is 12.4. The monoisotopic (exact) mass is 320 g/mol. The van der Waals surface area contributed by atoms with Crippen LogP contribution in [-0.2, 0) is 27.0 Å². The Morgan fingerprint density at radius 1 is 1.50 bits per heavy atom. The summed E-state index contributed by atoms with van der Waals surface area (Å²) in [5, 5.41) is 3.31. The van der Waals surface area contributed by atoms with Crippen LogP contribution in [0.1, 0.15) is 12.6 Å². The first-order valence-electron chi connectivity index (χ1n) is 6.44. The van der Waals surface area contributed by atoms with Gasteiger partial charge in [-0.1, -0.05) is 0 Å². The summed E-state index contributed by atoms with van der Waals surface area (Å²) in [6.07, 6.45) is -3.48. The normalized spacial score (nSPS) is 22.6. The van der Waals surface area contributed by atoms with E-state index in [1.807, 2.05) is 0 Å². The smallest absolute Gasteiger partial charge is 0.367 e. The van der Waals surface area contributed by atoms with Gasteiger partial charge >= 0.3 is 6.18 Å². The Morgan fingerprint density at radius 2 is 2.18 bits per heavy atom. The number of alkyl halides is 3. The van der Waals surface area contributed by atoms with Crippen molar-refractivity contribution in [3.8, 4) is 0 Å². The molecule has 2 heterocycles. The van der Waals surface area contributed by atoms with Crippen LogP contribution in [0.2, 0.25) is 0 Å². The van der Waals surface area contributed by atoms with Crippen LogP contribution in [0.15, 0.2) is 12.3 Å². The summed E-state index contributed by atoms with van der Waals surface area (Å²) in [6.45, 7) is 1.41. The summed E-state index contributed by atoms with van der Waals surface area (Å²) in [6, 6.07) is 0.792. The molecule has 122 valence electrons. The number of ether oxygens (including phenoxy) is 1. The van der Waals surface area contributed by atoms with Gasteiger partial charge in [-0.2, -0.15) is 18.3 Å². The summed E-state index contributed by atoms with van der Waals surface area (Å²) in [5.41, 5.74) is 2.86. The molecular formula is C12H15F3N4O3. The molecule has 1 atom stereocenters. The van der Waals surface area contributed by atoms with Crippen molar-refractivity contribution >= 4 is 11.8 Å². The third-order valence-corrected chi connectivity index (χ3v) is 3.38. The Bertz CT molecular complexity index is 586. The zero-order chi connectivity index (χ0) is 16.5. The maximum atomic E-state index is 12.4. The predicted molar refractivity (Wildman–Crippen MR) is 67.4 cm³/mol. The second-order valence-electron chi connectivity index (χ2n) is 5.16. The van der Waals surface area contributed by atoms with Crippen LogP contribution in [0.4, 0.5) is 13.2 Å².